The molecule has 1 N–H and O–H groups in total. The fraction of sp³-hybridized carbons (Fsp3) is 0.250. The molecule has 12 heavy (non-hydrogen) atoms. The third-order valence-electron chi connectivity index (χ3n) is 1.20. The van der Waals surface area contributed by atoms with E-state index in [0.717, 1.165) is 13.1 Å². The SMILES string of the molecule is CC(O)/C=C/c1cc(Br)c(Br)s1. The van der Waals surface area contributed by atoms with E-state index in [4.69, 9.17) is 5.11 Å². The van der Waals surface area contributed by atoms with Crippen LogP contribution < -0.4 is 0 Å². The average Bonchev–Trinajstić information content (AvgIpc) is 2.28. The summed E-state index contributed by atoms with van der Waals surface area (Å²) in [5, 5.41) is 8.98. The van der Waals surface area contributed by atoms with Crippen LogP contribution in [0.4, 0.5) is 0 Å². The first-order chi connectivity index (χ1) is 5.59. The highest BCUT2D eigenvalue weighted by Crippen LogP contribution is 2.32. The summed E-state index contributed by atoms with van der Waals surface area (Å²) in [4.78, 5) is 1.12. The second-order valence-electron chi connectivity index (χ2n) is 2.37. The summed E-state index contributed by atoms with van der Waals surface area (Å²) in [6.45, 7) is 1.73. The number of aliphatic hydroxyl groups is 1. The molecule has 1 aromatic heterocycles. The highest BCUT2D eigenvalue weighted by Gasteiger charge is 2.00. The maximum Gasteiger partial charge on any atom is 0.0846 e. The third kappa shape index (κ3) is 3.01. The van der Waals surface area contributed by atoms with Gasteiger partial charge in [-0.05, 0) is 50.9 Å². The van der Waals surface area contributed by atoms with Crippen LogP contribution in [0.1, 0.15) is 11.8 Å². The first kappa shape index (κ1) is 10.4. The van der Waals surface area contributed by atoms with Gasteiger partial charge in [0.2, 0.25) is 0 Å². The molecule has 0 bridgehead atoms. The van der Waals surface area contributed by atoms with Crippen molar-refractivity contribution in [3.05, 3.63) is 25.3 Å². The first-order valence-electron chi connectivity index (χ1n) is 3.40. The Morgan fingerprint density at radius 3 is 2.67 bits per heavy atom. The van der Waals surface area contributed by atoms with Gasteiger partial charge < -0.3 is 5.11 Å². The van der Waals surface area contributed by atoms with Gasteiger partial charge in [-0.1, -0.05) is 6.08 Å². The second-order valence-corrected chi connectivity index (χ2v) is 5.63. The van der Waals surface area contributed by atoms with Crippen LogP contribution in [0.2, 0.25) is 0 Å². The van der Waals surface area contributed by atoms with Gasteiger partial charge in [0, 0.05) is 9.35 Å². The summed E-state index contributed by atoms with van der Waals surface area (Å²) in [5.41, 5.74) is 0. The highest BCUT2D eigenvalue weighted by atomic mass is 79.9. The van der Waals surface area contributed by atoms with Crippen molar-refractivity contribution in [3.63, 3.8) is 0 Å². The largest absolute Gasteiger partial charge is 0.389 e. The van der Waals surface area contributed by atoms with E-state index in [-0.39, 0.29) is 6.10 Å². The van der Waals surface area contributed by atoms with Crippen molar-refractivity contribution in [2.24, 2.45) is 0 Å². The summed E-state index contributed by atoms with van der Waals surface area (Å²) in [5.74, 6) is 0. The summed E-state index contributed by atoms with van der Waals surface area (Å²) >= 11 is 8.42. The first-order valence-corrected chi connectivity index (χ1v) is 5.81. The molecule has 0 aromatic carbocycles. The summed E-state index contributed by atoms with van der Waals surface area (Å²) in [7, 11) is 0. The molecule has 4 heteroatoms. The van der Waals surface area contributed by atoms with E-state index < -0.39 is 0 Å². The lowest BCUT2D eigenvalue weighted by atomic mass is 10.3. The van der Waals surface area contributed by atoms with E-state index in [1.165, 1.54) is 0 Å². The van der Waals surface area contributed by atoms with Gasteiger partial charge >= 0.3 is 0 Å². The Bertz CT molecular complexity index is 272. The smallest absolute Gasteiger partial charge is 0.0846 e. The van der Waals surface area contributed by atoms with Crippen LogP contribution in [0, 0.1) is 0 Å². The predicted molar refractivity (Wildman–Crippen MR) is 60.4 cm³/mol. The summed E-state index contributed by atoms with van der Waals surface area (Å²) in [6, 6.07) is 2.01. The number of hydrogen-bond acceptors (Lipinski definition) is 2. The normalized spacial score (nSPS) is 14.0. The zero-order valence-corrected chi connectivity index (χ0v) is 10.4. The van der Waals surface area contributed by atoms with E-state index in [0.29, 0.717) is 0 Å². The minimum absolute atomic E-state index is 0.385. The van der Waals surface area contributed by atoms with Crippen molar-refractivity contribution < 1.29 is 5.11 Å². The second kappa shape index (κ2) is 4.56. The van der Waals surface area contributed by atoms with Gasteiger partial charge in [0.25, 0.3) is 0 Å². The van der Waals surface area contributed by atoms with Crippen molar-refractivity contribution in [3.8, 4) is 0 Å². The molecule has 1 rings (SSSR count). The highest BCUT2D eigenvalue weighted by molar-refractivity contribution is 9.13. The molecule has 0 fully saturated rings. The van der Waals surface area contributed by atoms with E-state index in [1.807, 2.05) is 12.1 Å². The van der Waals surface area contributed by atoms with E-state index >= 15 is 0 Å². The van der Waals surface area contributed by atoms with Crippen molar-refractivity contribution in [2.75, 3.05) is 0 Å². The molecule has 66 valence electrons. The maximum atomic E-state index is 8.98. The Morgan fingerprint density at radius 1 is 1.58 bits per heavy atom. The summed E-state index contributed by atoms with van der Waals surface area (Å²) in [6.07, 6.45) is 3.28. The molecule has 0 aliphatic heterocycles. The van der Waals surface area contributed by atoms with E-state index in [9.17, 15) is 0 Å². The molecular formula is C8H8Br2OS. The number of thiophene rings is 1. The molecule has 1 atom stereocenters. The number of aliphatic hydroxyl groups excluding tert-OH is 1. The van der Waals surface area contributed by atoms with Crippen LogP contribution >= 0.6 is 43.2 Å². The molecule has 1 aromatic rings. The standard InChI is InChI=1S/C8H8Br2OS/c1-5(11)2-3-6-4-7(9)8(10)12-6/h2-5,11H,1H3/b3-2+. The van der Waals surface area contributed by atoms with Crippen LogP contribution in [0.15, 0.2) is 20.4 Å². The average molecular weight is 312 g/mol. The van der Waals surface area contributed by atoms with Gasteiger partial charge in [-0.25, -0.2) is 0 Å². The Balaban J connectivity index is 2.77. The predicted octanol–water partition coefficient (Wildman–Crippen LogP) is 3.67. The third-order valence-corrected chi connectivity index (χ3v) is 4.42. The van der Waals surface area contributed by atoms with Crippen LogP contribution in [0.3, 0.4) is 0 Å². The van der Waals surface area contributed by atoms with Gasteiger partial charge in [0.05, 0.1) is 9.89 Å². The molecule has 0 aliphatic rings. The lowest BCUT2D eigenvalue weighted by Crippen LogP contribution is -1.90. The lowest BCUT2D eigenvalue weighted by Gasteiger charge is -1.90. The Hall–Kier alpha value is 0.360. The van der Waals surface area contributed by atoms with Crippen molar-refractivity contribution in [1.82, 2.24) is 0 Å². The molecule has 1 heterocycles. The Kier molecular flexibility index (Phi) is 3.96. The minimum atomic E-state index is -0.385. The maximum absolute atomic E-state index is 8.98. The van der Waals surface area contributed by atoms with Crippen LogP contribution in [0.5, 0.6) is 0 Å². The minimum Gasteiger partial charge on any atom is -0.389 e. The molecule has 1 unspecified atom stereocenters. The van der Waals surface area contributed by atoms with Gasteiger partial charge in [-0.3, -0.25) is 0 Å². The molecule has 0 saturated heterocycles. The molecule has 1 nitrogen and oxygen atoms in total. The van der Waals surface area contributed by atoms with Gasteiger partial charge in [-0.2, -0.15) is 0 Å². The summed E-state index contributed by atoms with van der Waals surface area (Å²) < 4.78 is 2.13. The molecule has 0 spiro atoms. The van der Waals surface area contributed by atoms with E-state index in [1.54, 1.807) is 24.3 Å². The van der Waals surface area contributed by atoms with Crippen LogP contribution in [-0.2, 0) is 0 Å². The van der Waals surface area contributed by atoms with Gasteiger partial charge in [0.1, 0.15) is 0 Å². The molecule has 0 aliphatic carbocycles. The molecular weight excluding hydrogens is 304 g/mol. The number of rotatable bonds is 2. The quantitative estimate of drug-likeness (QED) is 0.883. The molecule has 0 radical (unpaired) electrons. The number of halogens is 2. The monoisotopic (exact) mass is 310 g/mol. The Morgan fingerprint density at radius 2 is 2.25 bits per heavy atom. The fourth-order valence-electron chi connectivity index (χ4n) is 0.680. The molecule has 0 saturated carbocycles. The zero-order chi connectivity index (χ0) is 9.14. The zero-order valence-electron chi connectivity index (χ0n) is 6.42. The Labute approximate surface area is 92.4 Å². The molecule has 0 amide bonds. The van der Waals surface area contributed by atoms with Crippen molar-refractivity contribution >= 4 is 49.3 Å². The van der Waals surface area contributed by atoms with Crippen molar-refractivity contribution in [1.29, 1.82) is 0 Å². The van der Waals surface area contributed by atoms with Gasteiger partial charge in [-0.15, -0.1) is 11.3 Å². The van der Waals surface area contributed by atoms with Crippen molar-refractivity contribution in [2.45, 2.75) is 13.0 Å². The number of hydrogen-bond donors (Lipinski definition) is 1. The fourth-order valence-corrected chi connectivity index (χ4v) is 2.68. The van der Waals surface area contributed by atoms with Gasteiger partial charge in [0.15, 0.2) is 0 Å². The topological polar surface area (TPSA) is 20.2 Å². The van der Waals surface area contributed by atoms with Crippen LogP contribution in [-0.4, -0.2) is 11.2 Å². The van der Waals surface area contributed by atoms with Crippen LogP contribution in [0.25, 0.3) is 6.08 Å². The lowest BCUT2D eigenvalue weighted by molar-refractivity contribution is 0.245. The van der Waals surface area contributed by atoms with E-state index in [2.05, 4.69) is 31.9 Å².